The Morgan fingerprint density at radius 1 is 1.50 bits per heavy atom. The molecule has 2 heterocycles. The Bertz CT molecular complexity index is 807. The molecule has 0 spiro atoms. The number of hydrogen-bond donors (Lipinski definition) is 2. The maximum atomic E-state index is 13.5. The number of methoxy groups -OCH3 is 1. The Morgan fingerprint density at radius 2 is 2.35 bits per heavy atom. The maximum Gasteiger partial charge on any atom is 0.228 e. The first-order valence-corrected chi connectivity index (χ1v) is 8.31. The van der Waals surface area contributed by atoms with Crippen molar-refractivity contribution in [1.82, 2.24) is 20.1 Å². The summed E-state index contributed by atoms with van der Waals surface area (Å²) in [6.45, 7) is 1.51. The van der Waals surface area contributed by atoms with Crippen molar-refractivity contribution in [1.29, 1.82) is 0 Å². The summed E-state index contributed by atoms with van der Waals surface area (Å²) in [4.78, 5) is 24.3. The minimum Gasteiger partial charge on any atom is -0.383 e. The number of aromatic nitrogens is 3. The number of anilines is 1. The molecule has 0 fully saturated rings. The van der Waals surface area contributed by atoms with Crippen molar-refractivity contribution in [2.75, 3.05) is 25.6 Å². The number of carbonyl (C=O) groups excluding carboxylic acids is 2. The van der Waals surface area contributed by atoms with Crippen LogP contribution in [0.4, 0.5) is 10.1 Å². The van der Waals surface area contributed by atoms with Crippen LogP contribution in [0.2, 0.25) is 0 Å². The Hall–Kier alpha value is -2.81. The van der Waals surface area contributed by atoms with Gasteiger partial charge in [0, 0.05) is 38.7 Å². The molecule has 1 unspecified atom stereocenters. The number of nitrogens with one attached hydrogen (secondary N) is 2. The standard InChI is InChI=1S/C17H20FN5O3/c1-26-7-6-23-10-20-22-15(23)4-5-19-17(25)13-9-16(24)21-14-3-2-11(18)8-12(13)14/h2-3,8,10,13H,4-7,9H2,1H3,(H,19,25)(H,21,24). The number of fused-ring (bicyclic) bond motifs is 1. The second kappa shape index (κ2) is 8.05. The lowest BCUT2D eigenvalue weighted by Crippen LogP contribution is -2.36. The van der Waals surface area contributed by atoms with E-state index in [0.717, 1.165) is 5.82 Å². The van der Waals surface area contributed by atoms with Gasteiger partial charge in [-0.2, -0.15) is 0 Å². The molecule has 0 saturated heterocycles. The van der Waals surface area contributed by atoms with Gasteiger partial charge in [-0.3, -0.25) is 9.59 Å². The number of carbonyl (C=O) groups is 2. The topological polar surface area (TPSA) is 98.1 Å². The number of rotatable bonds is 7. The molecule has 0 bridgehead atoms. The van der Waals surface area contributed by atoms with Crippen molar-refractivity contribution in [2.24, 2.45) is 0 Å². The van der Waals surface area contributed by atoms with Crippen LogP contribution >= 0.6 is 0 Å². The second-order valence-electron chi connectivity index (χ2n) is 6.01. The van der Waals surface area contributed by atoms with E-state index in [9.17, 15) is 14.0 Å². The highest BCUT2D eigenvalue weighted by molar-refractivity contribution is 6.01. The van der Waals surface area contributed by atoms with Crippen molar-refractivity contribution in [2.45, 2.75) is 25.3 Å². The minimum absolute atomic E-state index is 0.00763. The average Bonchev–Trinajstić information content (AvgIpc) is 3.06. The molecular weight excluding hydrogens is 341 g/mol. The summed E-state index contributed by atoms with van der Waals surface area (Å²) in [7, 11) is 1.62. The third-order valence-corrected chi connectivity index (χ3v) is 4.25. The molecular formula is C17H20FN5O3. The predicted molar refractivity (Wildman–Crippen MR) is 91.0 cm³/mol. The van der Waals surface area contributed by atoms with Crippen LogP contribution < -0.4 is 10.6 Å². The van der Waals surface area contributed by atoms with Crippen LogP contribution in [0.25, 0.3) is 0 Å². The summed E-state index contributed by atoms with van der Waals surface area (Å²) in [6.07, 6.45) is 2.09. The minimum atomic E-state index is -0.708. The van der Waals surface area contributed by atoms with Crippen molar-refractivity contribution in [3.8, 4) is 0 Å². The van der Waals surface area contributed by atoms with Crippen LogP contribution in [0.15, 0.2) is 24.5 Å². The van der Waals surface area contributed by atoms with Gasteiger partial charge in [0.05, 0.1) is 12.5 Å². The Kier molecular flexibility index (Phi) is 5.57. The van der Waals surface area contributed by atoms with E-state index in [1.54, 1.807) is 13.4 Å². The first-order valence-electron chi connectivity index (χ1n) is 8.31. The van der Waals surface area contributed by atoms with E-state index in [-0.39, 0.29) is 18.2 Å². The van der Waals surface area contributed by atoms with Crippen LogP contribution in [0.5, 0.6) is 0 Å². The average molecular weight is 361 g/mol. The van der Waals surface area contributed by atoms with Gasteiger partial charge >= 0.3 is 0 Å². The number of amides is 2. The van der Waals surface area contributed by atoms with E-state index in [1.165, 1.54) is 18.2 Å². The van der Waals surface area contributed by atoms with E-state index in [1.807, 2.05) is 4.57 Å². The van der Waals surface area contributed by atoms with Crippen molar-refractivity contribution < 1.29 is 18.7 Å². The fourth-order valence-corrected chi connectivity index (χ4v) is 2.94. The van der Waals surface area contributed by atoms with Gasteiger partial charge in [-0.15, -0.1) is 10.2 Å². The maximum absolute atomic E-state index is 13.5. The van der Waals surface area contributed by atoms with Crippen molar-refractivity contribution in [3.63, 3.8) is 0 Å². The highest BCUT2D eigenvalue weighted by Gasteiger charge is 2.30. The largest absolute Gasteiger partial charge is 0.383 e. The monoisotopic (exact) mass is 361 g/mol. The lowest BCUT2D eigenvalue weighted by atomic mass is 9.89. The van der Waals surface area contributed by atoms with Gasteiger partial charge in [0.2, 0.25) is 11.8 Å². The highest BCUT2D eigenvalue weighted by atomic mass is 19.1. The Morgan fingerprint density at radius 3 is 3.15 bits per heavy atom. The zero-order valence-electron chi connectivity index (χ0n) is 14.4. The molecule has 3 rings (SSSR count). The first-order chi connectivity index (χ1) is 12.6. The molecule has 2 N–H and O–H groups in total. The molecule has 2 amide bonds. The summed E-state index contributed by atoms with van der Waals surface area (Å²) in [5.74, 6) is -0.988. The van der Waals surface area contributed by atoms with Crippen LogP contribution in [0.3, 0.4) is 0 Å². The summed E-state index contributed by atoms with van der Waals surface area (Å²) in [5, 5.41) is 13.4. The third kappa shape index (κ3) is 4.05. The molecule has 1 aliphatic heterocycles. The van der Waals surface area contributed by atoms with E-state index in [0.29, 0.717) is 37.4 Å². The SMILES string of the molecule is COCCn1cnnc1CCNC(=O)C1CC(=O)Nc2ccc(F)cc21. The fraction of sp³-hybridized carbons (Fsp3) is 0.412. The molecule has 0 radical (unpaired) electrons. The van der Waals surface area contributed by atoms with Crippen molar-refractivity contribution in [3.05, 3.63) is 41.7 Å². The molecule has 0 saturated carbocycles. The molecule has 1 aromatic carbocycles. The molecule has 2 aromatic rings. The summed E-state index contributed by atoms with van der Waals surface area (Å²) < 4.78 is 20.4. The second-order valence-corrected chi connectivity index (χ2v) is 6.01. The lowest BCUT2D eigenvalue weighted by molar-refractivity contribution is -0.126. The van der Waals surface area contributed by atoms with E-state index >= 15 is 0 Å². The molecule has 1 atom stereocenters. The molecule has 138 valence electrons. The van der Waals surface area contributed by atoms with Crippen LogP contribution in [-0.2, 0) is 27.3 Å². The van der Waals surface area contributed by atoms with Crippen LogP contribution in [-0.4, -0.2) is 46.8 Å². The Balaban J connectivity index is 1.62. The molecule has 1 aliphatic rings. The Labute approximate surface area is 149 Å². The zero-order chi connectivity index (χ0) is 18.5. The molecule has 26 heavy (non-hydrogen) atoms. The van der Waals surface area contributed by atoms with Gasteiger partial charge in [-0.1, -0.05) is 0 Å². The highest BCUT2D eigenvalue weighted by Crippen LogP contribution is 2.32. The smallest absolute Gasteiger partial charge is 0.228 e. The number of halogens is 1. The molecule has 0 aliphatic carbocycles. The van der Waals surface area contributed by atoms with Crippen LogP contribution in [0.1, 0.15) is 23.7 Å². The number of benzene rings is 1. The summed E-state index contributed by atoms with van der Waals surface area (Å²) in [6, 6.07) is 4.02. The summed E-state index contributed by atoms with van der Waals surface area (Å²) >= 11 is 0. The normalized spacial score (nSPS) is 16.1. The number of ether oxygens (including phenoxy) is 1. The molecule has 8 nitrogen and oxygen atoms in total. The van der Waals surface area contributed by atoms with Gasteiger partial charge in [0.25, 0.3) is 0 Å². The number of hydrogen-bond acceptors (Lipinski definition) is 5. The predicted octanol–water partition coefficient (Wildman–Crippen LogP) is 0.848. The van der Waals surface area contributed by atoms with Gasteiger partial charge in [-0.05, 0) is 23.8 Å². The zero-order valence-corrected chi connectivity index (χ0v) is 14.4. The van der Waals surface area contributed by atoms with E-state index < -0.39 is 11.7 Å². The van der Waals surface area contributed by atoms with E-state index in [2.05, 4.69) is 20.8 Å². The lowest BCUT2D eigenvalue weighted by Gasteiger charge is -2.24. The van der Waals surface area contributed by atoms with Gasteiger partial charge in [0.1, 0.15) is 18.0 Å². The van der Waals surface area contributed by atoms with E-state index in [4.69, 9.17) is 4.74 Å². The van der Waals surface area contributed by atoms with Crippen LogP contribution in [0, 0.1) is 5.82 Å². The quantitative estimate of drug-likeness (QED) is 0.762. The van der Waals surface area contributed by atoms with Gasteiger partial charge < -0.3 is 19.9 Å². The van der Waals surface area contributed by atoms with Crippen molar-refractivity contribution >= 4 is 17.5 Å². The first kappa shape index (κ1) is 18.0. The molecule has 9 heteroatoms. The molecule has 1 aromatic heterocycles. The van der Waals surface area contributed by atoms with Gasteiger partial charge in [-0.25, -0.2) is 4.39 Å². The fourth-order valence-electron chi connectivity index (χ4n) is 2.94. The third-order valence-electron chi connectivity index (χ3n) is 4.25. The summed E-state index contributed by atoms with van der Waals surface area (Å²) in [5.41, 5.74) is 0.965. The number of nitrogens with zero attached hydrogens (tertiary/aromatic N) is 3. The van der Waals surface area contributed by atoms with Gasteiger partial charge in [0.15, 0.2) is 0 Å².